The molecule has 0 fully saturated rings. The molecular weight excluding hydrogens is 548 g/mol. The van der Waals surface area contributed by atoms with Crippen molar-refractivity contribution >= 4 is 11.9 Å². The third-order valence-corrected chi connectivity index (χ3v) is 7.86. The molecular formula is C39H52O5. The molecule has 0 radical (unpaired) electrons. The molecule has 0 unspecified atom stereocenters. The molecule has 0 aliphatic rings. The molecule has 5 nitrogen and oxygen atoms in total. The summed E-state index contributed by atoms with van der Waals surface area (Å²) in [7, 11) is 0. The van der Waals surface area contributed by atoms with E-state index in [0.29, 0.717) is 23.5 Å². The van der Waals surface area contributed by atoms with E-state index in [1.54, 1.807) is 36.4 Å². The normalized spacial score (nSPS) is 10.9. The summed E-state index contributed by atoms with van der Waals surface area (Å²) in [6.45, 7) is 5.64. The molecule has 0 aliphatic carbocycles. The van der Waals surface area contributed by atoms with Crippen molar-refractivity contribution in [3.05, 3.63) is 83.9 Å². The summed E-state index contributed by atoms with van der Waals surface area (Å²) in [5, 5.41) is 0. The van der Waals surface area contributed by atoms with E-state index < -0.39 is 5.97 Å². The van der Waals surface area contributed by atoms with E-state index >= 15 is 0 Å². The first kappa shape index (κ1) is 34.9. The second kappa shape index (κ2) is 21.2. The van der Waals surface area contributed by atoms with Gasteiger partial charge in [-0.3, -0.25) is 0 Å². The van der Waals surface area contributed by atoms with E-state index in [0.717, 1.165) is 42.7 Å². The molecule has 0 saturated carbocycles. The molecule has 3 aromatic rings. The lowest BCUT2D eigenvalue weighted by atomic mass is 10.0. The summed E-state index contributed by atoms with van der Waals surface area (Å²) in [6, 6.07) is 21.9. The van der Waals surface area contributed by atoms with Crippen molar-refractivity contribution in [1.82, 2.24) is 0 Å². The van der Waals surface area contributed by atoms with Crippen molar-refractivity contribution in [2.45, 2.75) is 110 Å². The van der Waals surface area contributed by atoms with Gasteiger partial charge >= 0.3 is 11.9 Å². The maximum Gasteiger partial charge on any atom is 0.343 e. The number of unbranched alkanes of at least 4 members (excludes halogenated alkanes) is 13. The number of hydrogen-bond donors (Lipinski definition) is 0. The zero-order valence-electron chi connectivity index (χ0n) is 27.0. The number of carbonyl (C=O) groups excluding carboxylic acids is 2. The van der Waals surface area contributed by atoms with Crippen molar-refractivity contribution in [3.8, 4) is 22.6 Å². The smallest absolute Gasteiger partial charge is 0.343 e. The van der Waals surface area contributed by atoms with E-state index in [-0.39, 0.29) is 5.97 Å². The van der Waals surface area contributed by atoms with Gasteiger partial charge in [-0.25, -0.2) is 9.59 Å². The fourth-order valence-electron chi connectivity index (χ4n) is 5.10. The molecule has 0 spiro atoms. The maximum atomic E-state index is 12.7. The molecule has 5 heteroatoms. The fourth-order valence-corrected chi connectivity index (χ4v) is 5.10. The zero-order chi connectivity index (χ0) is 31.2. The number of esters is 2. The highest BCUT2D eigenvalue weighted by Crippen LogP contribution is 2.24. The SMILES string of the molecule is CCCCCCCCCCOc1ccc(-c2ccc(C(=O)Oc3ccc(C(=O)OCCCCCCCCC)cc3)cc2)cc1. The standard InChI is InChI=1S/C39H52O5/c1-3-5-7-9-11-13-14-16-30-42-36-26-22-33(23-27-36)32-18-20-35(21-19-32)39(41)44-37-28-24-34(25-29-37)38(40)43-31-17-15-12-10-8-6-4-2/h18-29H,3-17,30-31H2,1-2H3. The van der Waals surface area contributed by atoms with Crippen LogP contribution >= 0.6 is 0 Å². The first-order valence-electron chi connectivity index (χ1n) is 16.9. The van der Waals surface area contributed by atoms with Crippen molar-refractivity contribution in [3.63, 3.8) is 0 Å². The largest absolute Gasteiger partial charge is 0.494 e. The predicted molar refractivity (Wildman–Crippen MR) is 180 cm³/mol. The van der Waals surface area contributed by atoms with Crippen LogP contribution in [-0.2, 0) is 4.74 Å². The Kier molecular flexibility index (Phi) is 16.8. The Morgan fingerprint density at radius 1 is 0.455 bits per heavy atom. The highest BCUT2D eigenvalue weighted by Gasteiger charge is 2.11. The molecule has 44 heavy (non-hydrogen) atoms. The molecule has 0 bridgehead atoms. The first-order chi connectivity index (χ1) is 21.6. The highest BCUT2D eigenvalue weighted by atomic mass is 16.5. The first-order valence-corrected chi connectivity index (χ1v) is 16.9. The summed E-state index contributed by atoms with van der Waals surface area (Å²) in [5.41, 5.74) is 2.97. The summed E-state index contributed by atoms with van der Waals surface area (Å²) >= 11 is 0. The van der Waals surface area contributed by atoms with Gasteiger partial charge in [0.25, 0.3) is 0 Å². The molecule has 3 rings (SSSR count). The van der Waals surface area contributed by atoms with Crippen LogP contribution in [0.15, 0.2) is 72.8 Å². The minimum absolute atomic E-state index is 0.354. The second-order valence-corrected chi connectivity index (χ2v) is 11.6. The van der Waals surface area contributed by atoms with Gasteiger partial charge in [-0.2, -0.15) is 0 Å². The average molecular weight is 601 g/mol. The van der Waals surface area contributed by atoms with Gasteiger partial charge in [-0.1, -0.05) is 122 Å². The molecule has 0 heterocycles. The van der Waals surface area contributed by atoms with Crippen LogP contribution in [0.2, 0.25) is 0 Å². The molecule has 3 aromatic carbocycles. The highest BCUT2D eigenvalue weighted by molar-refractivity contribution is 5.92. The zero-order valence-corrected chi connectivity index (χ0v) is 27.0. The summed E-state index contributed by atoms with van der Waals surface area (Å²) in [4.78, 5) is 25.0. The van der Waals surface area contributed by atoms with E-state index in [1.165, 1.54) is 77.0 Å². The molecule has 238 valence electrons. The van der Waals surface area contributed by atoms with Crippen molar-refractivity contribution < 1.29 is 23.8 Å². The Morgan fingerprint density at radius 2 is 0.864 bits per heavy atom. The number of carbonyl (C=O) groups is 2. The number of rotatable bonds is 22. The number of ether oxygens (including phenoxy) is 3. The minimum atomic E-state index is -0.449. The van der Waals surface area contributed by atoms with Gasteiger partial charge in [0.05, 0.1) is 24.3 Å². The predicted octanol–water partition coefficient (Wildman–Crippen LogP) is 11.0. The van der Waals surface area contributed by atoms with Gasteiger partial charge < -0.3 is 14.2 Å². The van der Waals surface area contributed by atoms with Crippen LogP contribution in [-0.4, -0.2) is 25.2 Å². The van der Waals surface area contributed by atoms with Gasteiger partial charge in [0, 0.05) is 0 Å². The molecule has 0 saturated heterocycles. The summed E-state index contributed by atoms with van der Waals surface area (Å²) < 4.78 is 16.8. The molecule has 0 amide bonds. The van der Waals surface area contributed by atoms with Gasteiger partial charge in [-0.05, 0) is 72.5 Å². The lowest BCUT2D eigenvalue weighted by molar-refractivity contribution is 0.0497. The third kappa shape index (κ3) is 13.4. The van der Waals surface area contributed by atoms with Crippen LogP contribution < -0.4 is 9.47 Å². The third-order valence-electron chi connectivity index (χ3n) is 7.86. The quantitative estimate of drug-likeness (QED) is 0.0652. The fraction of sp³-hybridized carbons (Fsp3) is 0.487. The van der Waals surface area contributed by atoms with E-state index in [9.17, 15) is 9.59 Å². The Hall–Kier alpha value is -3.60. The van der Waals surface area contributed by atoms with Crippen molar-refractivity contribution in [1.29, 1.82) is 0 Å². The second-order valence-electron chi connectivity index (χ2n) is 11.6. The Morgan fingerprint density at radius 3 is 1.41 bits per heavy atom. The van der Waals surface area contributed by atoms with Crippen LogP contribution in [0.1, 0.15) is 131 Å². The van der Waals surface area contributed by atoms with Gasteiger partial charge in [0.2, 0.25) is 0 Å². The van der Waals surface area contributed by atoms with Crippen molar-refractivity contribution in [2.75, 3.05) is 13.2 Å². The molecule has 0 aromatic heterocycles. The van der Waals surface area contributed by atoms with Crippen LogP contribution in [0, 0.1) is 0 Å². The van der Waals surface area contributed by atoms with Crippen molar-refractivity contribution in [2.24, 2.45) is 0 Å². The maximum absolute atomic E-state index is 12.7. The monoisotopic (exact) mass is 600 g/mol. The minimum Gasteiger partial charge on any atom is -0.494 e. The topological polar surface area (TPSA) is 61.8 Å². The van der Waals surface area contributed by atoms with Crippen LogP contribution in [0.25, 0.3) is 11.1 Å². The van der Waals surface area contributed by atoms with Gasteiger partial charge in [0.15, 0.2) is 0 Å². The Balaban J connectivity index is 1.36. The Bertz CT molecular complexity index is 1200. The summed E-state index contributed by atoms with van der Waals surface area (Å²) in [5.74, 6) is 0.456. The molecule has 0 aliphatic heterocycles. The lowest BCUT2D eigenvalue weighted by Crippen LogP contribution is -2.09. The summed E-state index contributed by atoms with van der Waals surface area (Å²) in [6.07, 6.45) is 18.5. The number of benzene rings is 3. The van der Waals surface area contributed by atoms with E-state index in [2.05, 4.69) is 13.8 Å². The van der Waals surface area contributed by atoms with E-state index in [1.807, 2.05) is 36.4 Å². The van der Waals surface area contributed by atoms with Crippen LogP contribution in [0.5, 0.6) is 11.5 Å². The average Bonchev–Trinajstić information content (AvgIpc) is 3.06. The van der Waals surface area contributed by atoms with Crippen LogP contribution in [0.4, 0.5) is 0 Å². The van der Waals surface area contributed by atoms with Crippen LogP contribution in [0.3, 0.4) is 0 Å². The molecule has 0 N–H and O–H groups in total. The Labute approximate surface area is 265 Å². The van der Waals surface area contributed by atoms with Gasteiger partial charge in [0.1, 0.15) is 11.5 Å². The van der Waals surface area contributed by atoms with Gasteiger partial charge in [-0.15, -0.1) is 0 Å². The van der Waals surface area contributed by atoms with E-state index in [4.69, 9.17) is 14.2 Å². The number of hydrogen-bond acceptors (Lipinski definition) is 5. The molecule has 0 atom stereocenters. The lowest BCUT2D eigenvalue weighted by Gasteiger charge is -2.09.